The maximum Gasteiger partial charge on any atom is 0.282 e. The van der Waals surface area contributed by atoms with Gasteiger partial charge in [0.1, 0.15) is 0 Å². The Morgan fingerprint density at radius 3 is 2.57 bits per heavy atom. The Labute approximate surface area is 139 Å². The van der Waals surface area contributed by atoms with Gasteiger partial charge in [0.05, 0.1) is 6.04 Å². The third-order valence-electron chi connectivity index (χ3n) is 4.87. The molecule has 2 aliphatic rings. The summed E-state index contributed by atoms with van der Waals surface area (Å²) in [4.78, 5) is 0. The molecule has 0 radical (unpaired) electrons. The Balaban J connectivity index is 1.81. The van der Waals surface area contributed by atoms with Gasteiger partial charge in [-0.15, -0.1) is 0 Å². The van der Waals surface area contributed by atoms with Gasteiger partial charge in [0.15, 0.2) is 0 Å². The molecule has 1 atom stereocenters. The highest BCUT2D eigenvalue weighted by Crippen LogP contribution is 2.32. The van der Waals surface area contributed by atoms with Crippen molar-refractivity contribution in [2.24, 2.45) is 5.92 Å². The van der Waals surface area contributed by atoms with Crippen molar-refractivity contribution >= 4 is 10.2 Å². The molecular weight excluding hydrogens is 310 g/mol. The van der Waals surface area contributed by atoms with Crippen LogP contribution in [0.2, 0.25) is 0 Å². The molecule has 6 heteroatoms. The fourth-order valence-electron chi connectivity index (χ4n) is 3.16. The molecule has 5 nitrogen and oxygen atoms in total. The van der Waals surface area contributed by atoms with Crippen molar-refractivity contribution in [2.75, 3.05) is 33.2 Å². The average molecular weight is 337 g/mol. The Kier molecular flexibility index (Phi) is 5.06. The van der Waals surface area contributed by atoms with Crippen molar-refractivity contribution in [1.29, 1.82) is 0 Å². The molecule has 1 heterocycles. The Hall–Kier alpha value is -0.950. The molecule has 1 aliphatic carbocycles. The van der Waals surface area contributed by atoms with E-state index < -0.39 is 10.2 Å². The normalized spacial score (nSPS) is 23.3. The minimum absolute atomic E-state index is 0.124. The molecule has 1 saturated carbocycles. The largest absolute Gasteiger partial charge is 0.313 e. The summed E-state index contributed by atoms with van der Waals surface area (Å²) in [5.74, 6) is 0.556. The minimum Gasteiger partial charge on any atom is -0.313 e. The number of hydrogen-bond donors (Lipinski definition) is 1. The SMILES string of the molecule is CCc1ccc(C2CNCCN2S(=O)(=O)N(C)CC2CC2)cc1. The molecule has 1 saturated heterocycles. The van der Waals surface area contributed by atoms with E-state index in [0.717, 1.165) is 24.8 Å². The van der Waals surface area contributed by atoms with E-state index in [0.29, 0.717) is 32.1 Å². The third kappa shape index (κ3) is 3.76. The van der Waals surface area contributed by atoms with Gasteiger partial charge in [-0.1, -0.05) is 31.2 Å². The Morgan fingerprint density at radius 1 is 1.26 bits per heavy atom. The molecule has 1 unspecified atom stereocenters. The molecule has 23 heavy (non-hydrogen) atoms. The number of hydrogen-bond acceptors (Lipinski definition) is 3. The summed E-state index contributed by atoms with van der Waals surface area (Å²) < 4.78 is 29.2. The van der Waals surface area contributed by atoms with Gasteiger partial charge in [0.25, 0.3) is 10.2 Å². The van der Waals surface area contributed by atoms with E-state index in [1.807, 2.05) is 0 Å². The molecular formula is C17H27N3O2S. The Bertz CT molecular complexity index is 626. The molecule has 0 spiro atoms. The fraction of sp³-hybridized carbons (Fsp3) is 0.647. The van der Waals surface area contributed by atoms with Crippen LogP contribution >= 0.6 is 0 Å². The number of aryl methyl sites for hydroxylation is 1. The number of nitrogens with zero attached hydrogens (tertiary/aromatic N) is 2. The molecule has 1 N–H and O–H groups in total. The van der Waals surface area contributed by atoms with Crippen LogP contribution in [0.25, 0.3) is 0 Å². The lowest BCUT2D eigenvalue weighted by Crippen LogP contribution is -2.52. The molecule has 1 aromatic carbocycles. The molecule has 2 fully saturated rings. The van der Waals surface area contributed by atoms with Gasteiger partial charge in [-0.25, -0.2) is 0 Å². The monoisotopic (exact) mass is 337 g/mol. The summed E-state index contributed by atoms with van der Waals surface area (Å²) in [6.07, 6.45) is 3.31. The van der Waals surface area contributed by atoms with Crippen LogP contribution in [0, 0.1) is 5.92 Å². The van der Waals surface area contributed by atoms with E-state index in [2.05, 4.69) is 36.5 Å². The average Bonchev–Trinajstić information content (AvgIpc) is 3.39. The summed E-state index contributed by atoms with van der Waals surface area (Å²) in [6.45, 7) is 4.67. The first-order valence-corrected chi connectivity index (χ1v) is 9.94. The van der Waals surface area contributed by atoms with E-state index in [1.165, 1.54) is 5.56 Å². The van der Waals surface area contributed by atoms with E-state index in [9.17, 15) is 8.42 Å². The minimum atomic E-state index is -3.40. The number of nitrogens with one attached hydrogen (secondary N) is 1. The zero-order valence-corrected chi connectivity index (χ0v) is 14.8. The lowest BCUT2D eigenvalue weighted by molar-refractivity contribution is 0.251. The second-order valence-electron chi connectivity index (χ2n) is 6.66. The second kappa shape index (κ2) is 6.89. The first kappa shape index (κ1) is 16.9. The molecule has 3 rings (SSSR count). The van der Waals surface area contributed by atoms with Crippen LogP contribution in [0.5, 0.6) is 0 Å². The van der Waals surface area contributed by atoms with Gasteiger partial charge in [-0.3, -0.25) is 0 Å². The van der Waals surface area contributed by atoms with E-state index in [-0.39, 0.29) is 6.04 Å². The van der Waals surface area contributed by atoms with Gasteiger partial charge >= 0.3 is 0 Å². The number of piperazine rings is 1. The van der Waals surface area contributed by atoms with Crippen LogP contribution in [-0.4, -0.2) is 50.3 Å². The van der Waals surface area contributed by atoms with Crippen molar-refractivity contribution in [2.45, 2.75) is 32.2 Å². The number of rotatable bonds is 6. The van der Waals surface area contributed by atoms with Gasteiger partial charge in [-0.2, -0.15) is 17.0 Å². The summed E-state index contributed by atoms with van der Waals surface area (Å²) in [7, 11) is -1.69. The summed E-state index contributed by atoms with van der Waals surface area (Å²) >= 11 is 0. The highest BCUT2D eigenvalue weighted by Gasteiger charge is 2.37. The smallest absolute Gasteiger partial charge is 0.282 e. The van der Waals surface area contributed by atoms with Crippen LogP contribution < -0.4 is 5.32 Å². The summed E-state index contributed by atoms with van der Waals surface area (Å²) in [5.41, 5.74) is 2.34. The highest BCUT2D eigenvalue weighted by molar-refractivity contribution is 7.86. The van der Waals surface area contributed by atoms with Crippen molar-refractivity contribution in [3.8, 4) is 0 Å². The third-order valence-corrected chi connectivity index (χ3v) is 6.84. The molecule has 0 aromatic heterocycles. The zero-order valence-electron chi connectivity index (χ0n) is 14.0. The van der Waals surface area contributed by atoms with Crippen molar-refractivity contribution in [3.63, 3.8) is 0 Å². The van der Waals surface area contributed by atoms with Crippen molar-refractivity contribution in [3.05, 3.63) is 35.4 Å². The number of benzene rings is 1. The molecule has 0 amide bonds. The lowest BCUT2D eigenvalue weighted by atomic mass is 10.0. The maximum atomic E-state index is 13.0. The second-order valence-corrected chi connectivity index (χ2v) is 8.65. The van der Waals surface area contributed by atoms with E-state index in [4.69, 9.17) is 0 Å². The first-order chi connectivity index (χ1) is 11.0. The molecule has 1 aliphatic heterocycles. The van der Waals surface area contributed by atoms with Crippen molar-refractivity contribution in [1.82, 2.24) is 13.9 Å². The van der Waals surface area contributed by atoms with Crippen molar-refractivity contribution < 1.29 is 8.42 Å². The van der Waals surface area contributed by atoms with Gasteiger partial charge in [0.2, 0.25) is 0 Å². The van der Waals surface area contributed by atoms with Crippen LogP contribution in [-0.2, 0) is 16.6 Å². The maximum absolute atomic E-state index is 13.0. The fourth-order valence-corrected chi connectivity index (χ4v) is 4.76. The summed E-state index contributed by atoms with van der Waals surface area (Å²) in [6, 6.07) is 8.21. The quantitative estimate of drug-likeness (QED) is 0.861. The van der Waals surface area contributed by atoms with Gasteiger partial charge in [0, 0.05) is 33.2 Å². The van der Waals surface area contributed by atoms with E-state index >= 15 is 0 Å². The molecule has 128 valence electrons. The molecule has 0 bridgehead atoms. The van der Waals surface area contributed by atoms with Gasteiger partial charge < -0.3 is 5.32 Å². The van der Waals surface area contributed by atoms with Crippen LogP contribution in [0.15, 0.2) is 24.3 Å². The summed E-state index contributed by atoms with van der Waals surface area (Å²) in [5, 5.41) is 3.33. The predicted molar refractivity (Wildman–Crippen MR) is 92.4 cm³/mol. The van der Waals surface area contributed by atoms with E-state index in [1.54, 1.807) is 15.7 Å². The van der Waals surface area contributed by atoms with Crippen LogP contribution in [0.3, 0.4) is 0 Å². The first-order valence-electron chi connectivity index (χ1n) is 8.55. The standard InChI is InChI=1S/C17H27N3O2S/c1-3-14-6-8-16(9-7-14)17-12-18-10-11-20(17)23(21,22)19(2)13-15-4-5-15/h6-9,15,17-18H,3-5,10-13H2,1-2H3. The molecule has 1 aromatic rings. The zero-order chi connectivity index (χ0) is 16.4. The Morgan fingerprint density at radius 2 is 1.96 bits per heavy atom. The predicted octanol–water partition coefficient (Wildman–Crippen LogP) is 1.78. The van der Waals surface area contributed by atoms with Crippen LogP contribution in [0.1, 0.15) is 36.9 Å². The highest BCUT2D eigenvalue weighted by atomic mass is 32.2. The topological polar surface area (TPSA) is 52.7 Å². The van der Waals surface area contributed by atoms with Gasteiger partial charge in [-0.05, 0) is 36.3 Å². The lowest BCUT2D eigenvalue weighted by Gasteiger charge is -2.37. The van der Waals surface area contributed by atoms with Crippen LogP contribution in [0.4, 0.5) is 0 Å².